The summed E-state index contributed by atoms with van der Waals surface area (Å²) in [5, 5.41) is 21.7. The van der Waals surface area contributed by atoms with Crippen LogP contribution in [-0.2, 0) is 0 Å². The molecule has 1 aromatic carbocycles. The molecule has 178 valence electrons. The van der Waals surface area contributed by atoms with E-state index in [0.717, 1.165) is 5.56 Å². The van der Waals surface area contributed by atoms with Crippen LogP contribution in [-0.4, -0.2) is 63.7 Å². The van der Waals surface area contributed by atoms with Crippen molar-refractivity contribution in [2.24, 2.45) is 0 Å². The number of hydrogen-bond acceptors (Lipinski definition) is 8. The Kier molecular flexibility index (Phi) is 7.41. The molecule has 2 aromatic heterocycles. The molecule has 1 unspecified atom stereocenters. The molecule has 0 fully saturated rings. The van der Waals surface area contributed by atoms with Crippen LogP contribution in [0.4, 0.5) is 16.6 Å². The Morgan fingerprint density at radius 2 is 2.12 bits per heavy atom. The standard InChI is InChI=1S/C23H24ClN5O5/c1-14-10-20(34-13-17(31)12-30)27-22(25-14)28-23(32)29-8-3-9-33-19-7-6-18(26-21(19)29)15-4-2-5-16(24)11-15/h2,4-7,10-11,17,30-31H,3,8-9,12-13H2,1H3,(H,25,27,28,32). The molecule has 4 rings (SSSR count). The highest BCUT2D eigenvalue weighted by Crippen LogP contribution is 2.33. The lowest BCUT2D eigenvalue weighted by atomic mass is 10.1. The highest BCUT2D eigenvalue weighted by atomic mass is 35.5. The zero-order valence-electron chi connectivity index (χ0n) is 18.4. The van der Waals surface area contributed by atoms with Crippen molar-refractivity contribution in [3.8, 4) is 22.9 Å². The maximum Gasteiger partial charge on any atom is 0.329 e. The third-order valence-corrected chi connectivity index (χ3v) is 5.16. The number of rotatable bonds is 6. The summed E-state index contributed by atoms with van der Waals surface area (Å²) >= 11 is 6.13. The Balaban J connectivity index is 1.58. The predicted molar refractivity (Wildman–Crippen MR) is 127 cm³/mol. The van der Waals surface area contributed by atoms with Gasteiger partial charge in [-0.2, -0.15) is 4.98 Å². The number of fused-ring (bicyclic) bond motifs is 1. The van der Waals surface area contributed by atoms with Crippen molar-refractivity contribution in [1.29, 1.82) is 0 Å². The lowest BCUT2D eigenvalue weighted by molar-refractivity contribution is 0.0521. The van der Waals surface area contributed by atoms with Gasteiger partial charge in [-0.1, -0.05) is 23.7 Å². The summed E-state index contributed by atoms with van der Waals surface area (Å²) in [7, 11) is 0. The molecule has 1 aliphatic rings. The minimum atomic E-state index is -1.04. The molecular formula is C23H24ClN5O5. The molecule has 0 aliphatic carbocycles. The van der Waals surface area contributed by atoms with Crippen LogP contribution in [0.15, 0.2) is 42.5 Å². The van der Waals surface area contributed by atoms with Crippen molar-refractivity contribution >= 4 is 29.4 Å². The number of benzene rings is 1. The molecule has 2 amide bonds. The summed E-state index contributed by atoms with van der Waals surface area (Å²) in [6.07, 6.45) is -0.431. The topological polar surface area (TPSA) is 130 Å². The Bertz CT molecular complexity index is 1180. The first kappa shape index (κ1) is 23.7. The third kappa shape index (κ3) is 5.71. The van der Waals surface area contributed by atoms with E-state index in [0.29, 0.717) is 47.6 Å². The first-order chi connectivity index (χ1) is 16.4. The fourth-order valence-electron chi connectivity index (χ4n) is 3.33. The van der Waals surface area contributed by atoms with Gasteiger partial charge in [-0.15, -0.1) is 0 Å². The number of anilines is 2. The number of carbonyl (C=O) groups excluding carboxylic acids is 1. The molecule has 1 aliphatic heterocycles. The first-order valence-corrected chi connectivity index (χ1v) is 11.1. The number of nitrogens with one attached hydrogen (secondary N) is 1. The van der Waals surface area contributed by atoms with Crippen LogP contribution in [0.1, 0.15) is 12.1 Å². The number of hydrogen-bond donors (Lipinski definition) is 3. The predicted octanol–water partition coefficient (Wildman–Crippen LogP) is 3.05. The van der Waals surface area contributed by atoms with E-state index in [4.69, 9.17) is 26.2 Å². The molecule has 3 N–H and O–H groups in total. The second-order valence-electron chi connectivity index (χ2n) is 7.63. The van der Waals surface area contributed by atoms with Gasteiger partial charge in [0.25, 0.3) is 0 Å². The SMILES string of the molecule is Cc1cc(OCC(O)CO)nc(NC(=O)N2CCCOc3ccc(-c4cccc(Cl)c4)nc32)n1. The number of nitrogens with zero attached hydrogens (tertiary/aromatic N) is 4. The van der Waals surface area contributed by atoms with Crippen molar-refractivity contribution in [2.45, 2.75) is 19.4 Å². The average Bonchev–Trinajstić information content (AvgIpc) is 3.04. The van der Waals surface area contributed by atoms with Crippen molar-refractivity contribution in [3.63, 3.8) is 0 Å². The number of aromatic nitrogens is 3. The zero-order chi connectivity index (χ0) is 24.1. The Morgan fingerprint density at radius 1 is 1.26 bits per heavy atom. The molecule has 10 nitrogen and oxygen atoms in total. The third-order valence-electron chi connectivity index (χ3n) is 4.93. The average molecular weight is 486 g/mol. The first-order valence-electron chi connectivity index (χ1n) is 10.7. The Labute approximate surface area is 201 Å². The van der Waals surface area contributed by atoms with Gasteiger partial charge in [-0.05, 0) is 37.6 Å². The molecule has 0 radical (unpaired) electrons. The summed E-state index contributed by atoms with van der Waals surface area (Å²) in [6, 6.07) is 12.0. The molecule has 34 heavy (non-hydrogen) atoms. The van der Waals surface area contributed by atoms with Gasteiger partial charge in [0.1, 0.15) is 12.7 Å². The quantitative estimate of drug-likeness (QED) is 0.485. The molecular weight excluding hydrogens is 462 g/mol. The minimum absolute atomic E-state index is 0.0381. The monoisotopic (exact) mass is 485 g/mol. The second kappa shape index (κ2) is 10.6. The van der Waals surface area contributed by atoms with Crippen molar-refractivity contribution in [2.75, 3.05) is 36.6 Å². The van der Waals surface area contributed by atoms with Gasteiger partial charge in [-0.25, -0.2) is 14.8 Å². The van der Waals surface area contributed by atoms with Gasteiger partial charge in [0.05, 0.1) is 18.9 Å². The lowest BCUT2D eigenvalue weighted by Crippen LogP contribution is -2.36. The number of ether oxygens (including phenoxy) is 2. The van der Waals surface area contributed by atoms with Crippen LogP contribution in [0.5, 0.6) is 11.6 Å². The fraction of sp³-hybridized carbons (Fsp3) is 0.304. The smallest absolute Gasteiger partial charge is 0.329 e. The lowest BCUT2D eigenvalue weighted by Gasteiger charge is -2.21. The van der Waals surface area contributed by atoms with Gasteiger partial charge in [0.15, 0.2) is 11.6 Å². The second-order valence-corrected chi connectivity index (χ2v) is 8.07. The zero-order valence-corrected chi connectivity index (χ0v) is 19.2. The number of urea groups is 1. The fourth-order valence-corrected chi connectivity index (χ4v) is 3.52. The number of aliphatic hydroxyl groups excluding tert-OH is 2. The van der Waals surface area contributed by atoms with Crippen LogP contribution in [0.3, 0.4) is 0 Å². The van der Waals surface area contributed by atoms with Gasteiger partial charge in [0.2, 0.25) is 11.8 Å². The molecule has 0 bridgehead atoms. The van der Waals surface area contributed by atoms with Crippen LogP contribution < -0.4 is 19.7 Å². The van der Waals surface area contributed by atoms with Gasteiger partial charge in [0, 0.05) is 28.9 Å². The van der Waals surface area contributed by atoms with Gasteiger partial charge < -0.3 is 19.7 Å². The number of aryl methyl sites for hydroxylation is 1. The number of aliphatic hydroxyl groups is 2. The van der Waals surface area contributed by atoms with E-state index in [-0.39, 0.29) is 18.4 Å². The summed E-state index contributed by atoms with van der Waals surface area (Å²) in [4.78, 5) is 27.8. The normalized spacial score (nSPS) is 13.9. The number of amides is 2. The molecule has 0 saturated carbocycles. The summed E-state index contributed by atoms with van der Waals surface area (Å²) in [5.74, 6) is 1.07. The van der Waals surface area contributed by atoms with Crippen LogP contribution in [0, 0.1) is 6.92 Å². The molecule has 3 aromatic rings. The van der Waals surface area contributed by atoms with Gasteiger partial charge >= 0.3 is 6.03 Å². The highest BCUT2D eigenvalue weighted by molar-refractivity contribution is 6.30. The maximum absolute atomic E-state index is 13.2. The van der Waals surface area contributed by atoms with Crippen molar-refractivity contribution in [1.82, 2.24) is 15.0 Å². The summed E-state index contributed by atoms with van der Waals surface area (Å²) < 4.78 is 11.2. The number of carbonyl (C=O) groups is 1. The summed E-state index contributed by atoms with van der Waals surface area (Å²) in [5.41, 5.74) is 2.02. The van der Waals surface area contributed by atoms with E-state index in [2.05, 4.69) is 20.3 Å². The van der Waals surface area contributed by atoms with E-state index in [1.807, 2.05) is 18.2 Å². The van der Waals surface area contributed by atoms with Gasteiger partial charge in [-0.3, -0.25) is 10.2 Å². The van der Waals surface area contributed by atoms with E-state index in [1.54, 1.807) is 31.2 Å². The highest BCUT2D eigenvalue weighted by Gasteiger charge is 2.25. The van der Waals surface area contributed by atoms with E-state index >= 15 is 0 Å². The molecule has 1 atom stereocenters. The van der Waals surface area contributed by atoms with E-state index < -0.39 is 18.7 Å². The molecule has 3 heterocycles. The minimum Gasteiger partial charge on any atom is -0.490 e. The van der Waals surface area contributed by atoms with Crippen LogP contribution in [0.2, 0.25) is 5.02 Å². The molecule has 0 spiro atoms. The van der Waals surface area contributed by atoms with E-state index in [1.165, 1.54) is 4.90 Å². The molecule has 0 saturated heterocycles. The molecule has 11 heteroatoms. The Hall–Kier alpha value is -3.47. The Morgan fingerprint density at radius 3 is 2.91 bits per heavy atom. The number of halogens is 1. The van der Waals surface area contributed by atoms with Crippen LogP contribution >= 0.6 is 11.6 Å². The number of pyridine rings is 1. The van der Waals surface area contributed by atoms with E-state index in [9.17, 15) is 9.90 Å². The largest absolute Gasteiger partial charge is 0.490 e. The van der Waals surface area contributed by atoms with Crippen LogP contribution in [0.25, 0.3) is 11.3 Å². The maximum atomic E-state index is 13.2. The van der Waals surface area contributed by atoms with Crippen molar-refractivity contribution in [3.05, 3.63) is 53.2 Å². The van der Waals surface area contributed by atoms with Crippen molar-refractivity contribution < 1.29 is 24.5 Å². The summed E-state index contributed by atoms with van der Waals surface area (Å²) in [6.45, 7) is 1.96.